The summed E-state index contributed by atoms with van der Waals surface area (Å²) in [6, 6.07) is 7.11. The number of carbonyl (C=O) groups excluding carboxylic acids is 1. The maximum Gasteiger partial charge on any atom is 0.321 e. The molecule has 3 N–H and O–H groups in total. The van der Waals surface area contributed by atoms with Gasteiger partial charge in [-0.25, -0.2) is 14.8 Å². The van der Waals surface area contributed by atoms with Crippen LogP contribution >= 0.6 is 0 Å². The molecule has 8 nitrogen and oxygen atoms in total. The lowest BCUT2D eigenvalue weighted by Gasteiger charge is -2.20. The van der Waals surface area contributed by atoms with Gasteiger partial charge in [-0.05, 0) is 25.0 Å². The normalized spacial score (nSPS) is 16.3. The van der Waals surface area contributed by atoms with Crippen LogP contribution in [0.15, 0.2) is 36.7 Å². The summed E-state index contributed by atoms with van der Waals surface area (Å²) in [6.07, 6.45) is 5.38. The molecular weight excluding hydrogens is 334 g/mol. The molecule has 0 bridgehead atoms. The molecule has 1 aliphatic rings. The molecule has 0 radical (unpaired) electrons. The molecule has 0 saturated carbocycles. The van der Waals surface area contributed by atoms with Crippen LogP contribution in [0.4, 0.5) is 16.4 Å². The summed E-state index contributed by atoms with van der Waals surface area (Å²) in [7, 11) is 1.70. The number of nitrogens with one attached hydrogen (secondary N) is 1. The molecule has 1 atom stereocenters. The van der Waals surface area contributed by atoms with Crippen molar-refractivity contribution in [3.63, 3.8) is 0 Å². The third-order valence-corrected chi connectivity index (χ3v) is 4.07. The Labute approximate surface area is 152 Å². The van der Waals surface area contributed by atoms with Gasteiger partial charge in [0.15, 0.2) is 0 Å². The van der Waals surface area contributed by atoms with E-state index in [1.807, 2.05) is 24.3 Å². The summed E-state index contributed by atoms with van der Waals surface area (Å²) < 4.78 is 11.4. The van der Waals surface area contributed by atoms with Gasteiger partial charge in [0.05, 0.1) is 18.3 Å². The van der Waals surface area contributed by atoms with Crippen molar-refractivity contribution in [2.24, 2.45) is 0 Å². The van der Waals surface area contributed by atoms with Crippen LogP contribution in [-0.2, 0) is 11.3 Å². The maximum absolute atomic E-state index is 12.5. The minimum atomic E-state index is -0.255. The Morgan fingerprint density at radius 3 is 2.88 bits per heavy atom. The Morgan fingerprint density at radius 2 is 2.15 bits per heavy atom. The number of hydrogen-bond acceptors (Lipinski definition) is 6. The number of benzene rings is 1. The number of urea groups is 1. The number of para-hydroxylation sites is 2. The number of nitrogen functional groups attached to an aromatic ring is 1. The van der Waals surface area contributed by atoms with Crippen molar-refractivity contribution >= 4 is 17.7 Å². The van der Waals surface area contributed by atoms with E-state index in [4.69, 9.17) is 15.2 Å². The average Bonchev–Trinajstić information content (AvgIpc) is 3.16. The van der Waals surface area contributed by atoms with E-state index in [1.54, 1.807) is 19.4 Å². The van der Waals surface area contributed by atoms with Crippen LogP contribution in [-0.4, -0.2) is 47.3 Å². The SMILES string of the molecule is CN(Cc1cnc(N)nc1)C(=O)Nc1ccccc1OC[C@H]1CCCO1. The first-order valence-corrected chi connectivity index (χ1v) is 8.54. The molecule has 0 spiro atoms. The molecule has 8 heteroatoms. The standard InChI is InChI=1S/C18H23N5O3/c1-23(11-13-9-20-17(19)21-10-13)18(24)22-15-6-2-3-7-16(15)26-12-14-5-4-8-25-14/h2-3,6-7,9-10,14H,4-5,8,11-12H2,1H3,(H,22,24)(H2,19,20,21)/t14-/m1/s1. The predicted octanol–water partition coefficient (Wildman–Crippen LogP) is 2.28. The number of aromatic nitrogens is 2. The molecule has 1 aromatic carbocycles. The van der Waals surface area contributed by atoms with Gasteiger partial charge >= 0.3 is 6.03 Å². The highest BCUT2D eigenvalue weighted by Gasteiger charge is 2.17. The molecule has 0 aliphatic carbocycles. The summed E-state index contributed by atoms with van der Waals surface area (Å²) in [5, 5.41) is 2.87. The zero-order valence-corrected chi connectivity index (χ0v) is 14.7. The third kappa shape index (κ3) is 4.82. The Balaban J connectivity index is 1.58. The van der Waals surface area contributed by atoms with Crippen molar-refractivity contribution in [2.75, 3.05) is 31.3 Å². The number of amides is 2. The second-order valence-electron chi connectivity index (χ2n) is 6.18. The van der Waals surface area contributed by atoms with E-state index in [9.17, 15) is 4.79 Å². The van der Waals surface area contributed by atoms with Gasteiger partial charge in [0.1, 0.15) is 12.4 Å². The van der Waals surface area contributed by atoms with Crippen LogP contribution in [0.1, 0.15) is 18.4 Å². The topological polar surface area (TPSA) is 103 Å². The summed E-state index contributed by atoms with van der Waals surface area (Å²) in [5.41, 5.74) is 6.88. The minimum Gasteiger partial charge on any atom is -0.489 e. The van der Waals surface area contributed by atoms with E-state index in [-0.39, 0.29) is 18.1 Å². The van der Waals surface area contributed by atoms with Crippen LogP contribution in [0.25, 0.3) is 0 Å². The van der Waals surface area contributed by atoms with Crippen LogP contribution < -0.4 is 15.8 Å². The van der Waals surface area contributed by atoms with Gasteiger partial charge in [0.25, 0.3) is 0 Å². The van der Waals surface area contributed by atoms with E-state index >= 15 is 0 Å². The van der Waals surface area contributed by atoms with Crippen molar-refractivity contribution in [3.8, 4) is 5.75 Å². The van der Waals surface area contributed by atoms with E-state index in [2.05, 4.69) is 15.3 Å². The number of nitrogens with two attached hydrogens (primary N) is 1. The predicted molar refractivity (Wildman–Crippen MR) is 97.8 cm³/mol. The van der Waals surface area contributed by atoms with Crippen LogP contribution in [0, 0.1) is 0 Å². The highest BCUT2D eigenvalue weighted by atomic mass is 16.5. The van der Waals surface area contributed by atoms with Crippen molar-refractivity contribution in [3.05, 3.63) is 42.2 Å². The van der Waals surface area contributed by atoms with Gasteiger partial charge in [-0.1, -0.05) is 12.1 Å². The van der Waals surface area contributed by atoms with Crippen molar-refractivity contribution in [1.29, 1.82) is 0 Å². The molecule has 2 heterocycles. The Hall–Kier alpha value is -2.87. The first-order chi connectivity index (χ1) is 12.6. The lowest BCUT2D eigenvalue weighted by Crippen LogP contribution is -2.31. The fourth-order valence-corrected chi connectivity index (χ4v) is 2.66. The maximum atomic E-state index is 12.5. The first kappa shape index (κ1) is 17.9. The van der Waals surface area contributed by atoms with Crippen molar-refractivity contribution in [1.82, 2.24) is 14.9 Å². The molecule has 26 heavy (non-hydrogen) atoms. The van der Waals surface area contributed by atoms with Gasteiger partial charge in [-0.3, -0.25) is 0 Å². The molecule has 1 aromatic heterocycles. The summed E-state index contributed by atoms with van der Waals surface area (Å²) >= 11 is 0. The Morgan fingerprint density at radius 1 is 1.38 bits per heavy atom. The molecule has 0 unspecified atom stereocenters. The number of carbonyl (C=O) groups is 1. The number of rotatable bonds is 6. The molecule has 1 fully saturated rings. The number of ether oxygens (including phenoxy) is 2. The first-order valence-electron chi connectivity index (χ1n) is 8.54. The fraction of sp³-hybridized carbons (Fsp3) is 0.389. The summed E-state index contributed by atoms with van der Waals surface area (Å²) in [4.78, 5) is 21.9. The van der Waals surface area contributed by atoms with E-state index in [0.29, 0.717) is 24.6 Å². The van der Waals surface area contributed by atoms with Gasteiger partial charge in [0, 0.05) is 31.6 Å². The van der Waals surface area contributed by atoms with Gasteiger partial charge < -0.3 is 25.4 Å². The average molecular weight is 357 g/mol. The quantitative estimate of drug-likeness (QED) is 0.822. The van der Waals surface area contributed by atoms with Crippen molar-refractivity contribution < 1.29 is 14.3 Å². The Bertz CT molecular complexity index is 732. The number of nitrogens with zero attached hydrogens (tertiary/aromatic N) is 3. The molecule has 138 valence electrons. The zero-order valence-electron chi connectivity index (χ0n) is 14.7. The van der Waals surface area contributed by atoms with Crippen molar-refractivity contribution in [2.45, 2.75) is 25.5 Å². The third-order valence-electron chi connectivity index (χ3n) is 4.07. The number of hydrogen-bond donors (Lipinski definition) is 2. The molecule has 1 aliphatic heterocycles. The molecule has 1 saturated heterocycles. The second kappa shape index (κ2) is 8.48. The zero-order chi connectivity index (χ0) is 18.4. The van der Waals surface area contributed by atoms with E-state index in [0.717, 1.165) is 25.0 Å². The lowest BCUT2D eigenvalue weighted by molar-refractivity contribution is 0.0682. The highest BCUT2D eigenvalue weighted by molar-refractivity contribution is 5.90. The van der Waals surface area contributed by atoms with Crippen LogP contribution in [0.3, 0.4) is 0 Å². The fourth-order valence-electron chi connectivity index (χ4n) is 2.66. The molecule has 2 aromatic rings. The smallest absolute Gasteiger partial charge is 0.321 e. The Kier molecular flexibility index (Phi) is 5.85. The van der Waals surface area contributed by atoms with E-state index in [1.165, 1.54) is 4.90 Å². The summed E-state index contributed by atoms with van der Waals surface area (Å²) in [6.45, 7) is 1.63. The molecule has 3 rings (SSSR count). The lowest BCUT2D eigenvalue weighted by atomic mass is 10.2. The molecule has 2 amide bonds. The highest BCUT2D eigenvalue weighted by Crippen LogP contribution is 2.25. The molecular formula is C18H23N5O3. The second-order valence-corrected chi connectivity index (χ2v) is 6.18. The van der Waals surface area contributed by atoms with E-state index < -0.39 is 0 Å². The largest absolute Gasteiger partial charge is 0.489 e. The van der Waals surface area contributed by atoms with Crippen LogP contribution in [0.5, 0.6) is 5.75 Å². The van der Waals surface area contributed by atoms with Crippen LogP contribution in [0.2, 0.25) is 0 Å². The van der Waals surface area contributed by atoms with Gasteiger partial charge in [-0.2, -0.15) is 0 Å². The van der Waals surface area contributed by atoms with Gasteiger partial charge in [0.2, 0.25) is 5.95 Å². The number of anilines is 2. The summed E-state index contributed by atoms with van der Waals surface area (Å²) in [5.74, 6) is 0.832. The monoisotopic (exact) mass is 357 g/mol. The minimum absolute atomic E-state index is 0.118. The van der Waals surface area contributed by atoms with Gasteiger partial charge in [-0.15, -0.1) is 0 Å².